The predicted molar refractivity (Wildman–Crippen MR) is 127 cm³/mol. The molecule has 0 saturated carbocycles. The third-order valence-corrected chi connectivity index (χ3v) is 7.11. The van der Waals surface area contributed by atoms with E-state index >= 15 is 0 Å². The summed E-state index contributed by atoms with van der Waals surface area (Å²) in [6.45, 7) is 7.10. The summed E-state index contributed by atoms with van der Waals surface area (Å²) in [5.74, 6) is -0.171. The van der Waals surface area contributed by atoms with Crippen LogP contribution in [-0.2, 0) is 32.5 Å². The van der Waals surface area contributed by atoms with Gasteiger partial charge in [0.2, 0.25) is 0 Å². The number of rotatable bonds is 10. The van der Waals surface area contributed by atoms with Gasteiger partial charge in [0.25, 0.3) is 0 Å². The molecule has 0 aliphatic heterocycles. The molecule has 0 radical (unpaired) electrons. The molecule has 2 aromatic carbocycles. The van der Waals surface area contributed by atoms with Gasteiger partial charge in [-0.1, -0.05) is 50.2 Å². The van der Waals surface area contributed by atoms with Crippen molar-refractivity contribution in [2.24, 2.45) is 5.92 Å². The average molecular weight is 440 g/mol. The summed E-state index contributed by atoms with van der Waals surface area (Å²) in [7, 11) is 1.76. The Hall–Kier alpha value is -2.37. The van der Waals surface area contributed by atoms with Crippen LogP contribution in [0, 0.1) is 5.92 Å². The quantitative estimate of drug-likeness (QED) is 0.537. The molecule has 0 spiro atoms. The molecule has 2 N–H and O–H groups in total. The van der Waals surface area contributed by atoms with Crippen LogP contribution in [-0.4, -0.2) is 43.5 Å². The molecule has 5 heteroatoms. The standard InChI is InChI=1S/C27H37NO4/c1-5-27(6-2)23-17-22(29)14-13-20(23)16-24(31-4)25(27)28-18-21(26(30)32-7-3)15-19-11-9-8-10-12-19/h8-14,17,21,24-25,28-29H,5-7,15-16,18H2,1-4H3/t21?,24-,25+/m1/s1. The molecule has 2 aromatic rings. The lowest BCUT2D eigenvalue weighted by molar-refractivity contribution is -0.148. The molecule has 3 rings (SSSR count). The number of carbonyl (C=O) groups excluding carboxylic acids is 1. The van der Waals surface area contributed by atoms with Gasteiger partial charge in [0.15, 0.2) is 0 Å². The molecule has 0 fully saturated rings. The third kappa shape index (κ3) is 5.00. The molecule has 1 unspecified atom stereocenters. The summed E-state index contributed by atoms with van der Waals surface area (Å²) in [4.78, 5) is 12.8. The molecule has 0 aromatic heterocycles. The van der Waals surface area contributed by atoms with Gasteiger partial charge >= 0.3 is 5.97 Å². The van der Waals surface area contributed by atoms with Gasteiger partial charge in [0, 0.05) is 31.5 Å². The Balaban J connectivity index is 1.89. The molecule has 0 saturated heterocycles. The second-order valence-electron chi connectivity index (χ2n) is 8.71. The minimum atomic E-state index is -0.285. The highest BCUT2D eigenvalue weighted by Gasteiger charge is 2.47. The minimum absolute atomic E-state index is 0.0181. The second-order valence-corrected chi connectivity index (χ2v) is 8.71. The van der Waals surface area contributed by atoms with Crippen LogP contribution in [0.25, 0.3) is 0 Å². The monoisotopic (exact) mass is 439 g/mol. The van der Waals surface area contributed by atoms with E-state index in [2.05, 4.69) is 19.2 Å². The minimum Gasteiger partial charge on any atom is -0.508 e. The zero-order chi connectivity index (χ0) is 23.1. The van der Waals surface area contributed by atoms with Gasteiger partial charge in [-0.2, -0.15) is 0 Å². The highest BCUT2D eigenvalue weighted by Crippen LogP contribution is 2.44. The van der Waals surface area contributed by atoms with E-state index < -0.39 is 0 Å². The van der Waals surface area contributed by atoms with E-state index in [1.54, 1.807) is 13.2 Å². The zero-order valence-electron chi connectivity index (χ0n) is 19.8. The van der Waals surface area contributed by atoms with Crippen molar-refractivity contribution < 1.29 is 19.4 Å². The summed E-state index contributed by atoms with van der Waals surface area (Å²) >= 11 is 0. The van der Waals surface area contributed by atoms with Crippen LogP contribution in [0.1, 0.15) is 50.3 Å². The first-order valence-corrected chi connectivity index (χ1v) is 11.8. The van der Waals surface area contributed by atoms with Gasteiger partial charge in [-0.25, -0.2) is 0 Å². The first-order valence-electron chi connectivity index (χ1n) is 11.8. The van der Waals surface area contributed by atoms with Crippen molar-refractivity contribution in [2.45, 2.75) is 64.0 Å². The van der Waals surface area contributed by atoms with Crippen LogP contribution in [0.5, 0.6) is 5.75 Å². The van der Waals surface area contributed by atoms with Gasteiger partial charge in [-0.05, 0) is 55.0 Å². The SMILES string of the molecule is CCOC(=O)C(CN[C@H]1[C@H](OC)Cc2ccc(O)cc2C1(CC)CC)Cc1ccccc1. The summed E-state index contributed by atoms with van der Waals surface area (Å²) in [5, 5.41) is 14.0. The van der Waals surface area contributed by atoms with Gasteiger partial charge in [0.1, 0.15) is 5.75 Å². The van der Waals surface area contributed by atoms with Gasteiger partial charge < -0.3 is 19.9 Å². The maximum absolute atomic E-state index is 12.8. The Bertz CT molecular complexity index is 878. The number of phenolic OH excluding ortho intramolecular Hbond substituents is 1. The van der Waals surface area contributed by atoms with E-state index in [4.69, 9.17) is 9.47 Å². The smallest absolute Gasteiger partial charge is 0.310 e. The molecule has 174 valence electrons. The van der Waals surface area contributed by atoms with E-state index in [1.807, 2.05) is 49.4 Å². The number of phenols is 1. The highest BCUT2D eigenvalue weighted by molar-refractivity contribution is 5.73. The zero-order valence-corrected chi connectivity index (χ0v) is 19.8. The van der Waals surface area contributed by atoms with Crippen molar-refractivity contribution >= 4 is 5.97 Å². The summed E-state index contributed by atoms with van der Waals surface area (Å²) in [6.07, 6.45) is 3.18. The van der Waals surface area contributed by atoms with Crippen molar-refractivity contribution in [1.82, 2.24) is 5.32 Å². The van der Waals surface area contributed by atoms with Crippen molar-refractivity contribution in [3.05, 3.63) is 65.2 Å². The molecule has 1 aliphatic rings. The molecule has 0 bridgehead atoms. The Labute approximate surface area is 192 Å². The number of ether oxygens (including phenoxy) is 2. The number of nitrogens with one attached hydrogen (secondary N) is 1. The molecular weight excluding hydrogens is 402 g/mol. The molecule has 0 amide bonds. The number of fused-ring (bicyclic) bond motifs is 1. The maximum atomic E-state index is 12.8. The number of esters is 1. The third-order valence-electron chi connectivity index (χ3n) is 7.11. The van der Waals surface area contributed by atoms with E-state index in [1.165, 1.54) is 11.1 Å². The number of aromatic hydroxyl groups is 1. The van der Waals surface area contributed by atoms with Gasteiger partial charge in [0.05, 0.1) is 18.6 Å². The van der Waals surface area contributed by atoms with Crippen LogP contribution in [0.2, 0.25) is 0 Å². The highest BCUT2D eigenvalue weighted by atomic mass is 16.5. The summed E-state index contributed by atoms with van der Waals surface area (Å²) in [5.41, 5.74) is 3.33. The Morgan fingerprint density at radius 2 is 1.88 bits per heavy atom. The van der Waals surface area contributed by atoms with Crippen LogP contribution in [0.4, 0.5) is 0 Å². The molecule has 0 heterocycles. The van der Waals surface area contributed by atoms with Crippen molar-refractivity contribution in [1.29, 1.82) is 0 Å². The average Bonchev–Trinajstić information content (AvgIpc) is 2.81. The number of hydrogen-bond acceptors (Lipinski definition) is 5. The van der Waals surface area contributed by atoms with Crippen molar-refractivity contribution in [2.75, 3.05) is 20.3 Å². The lowest BCUT2D eigenvalue weighted by Gasteiger charge is -2.49. The lowest BCUT2D eigenvalue weighted by Crippen LogP contribution is -2.60. The number of methoxy groups -OCH3 is 1. The number of benzene rings is 2. The van der Waals surface area contributed by atoms with Crippen LogP contribution in [0.3, 0.4) is 0 Å². The fraction of sp³-hybridized carbons (Fsp3) is 0.519. The van der Waals surface area contributed by atoms with E-state index in [9.17, 15) is 9.90 Å². The first kappa shape index (κ1) is 24.3. The van der Waals surface area contributed by atoms with Crippen LogP contribution >= 0.6 is 0 Å². The molecule has 1 aliphatic carbocycles. The molecule has 3 atom stereocenters. The van der Waals surface area contributed by atoms with E-state index in [0.717, 1.165) is 24.8 Å². The Morgan fingerprint density at radius 3 is 2.50 bits per heavy atom. The summed E-state index contributed by atoms with van der Waals surface area (Å²) in [6, 6.07) is 15.8. The van der Waals surface area contributed by atoms with Gasteiger partial charge in [-0.15, -0.1) is 0 Å². The molecule has 5 nitrogen and oxygen atoms in total. The molecular formula is C27H37NO4. The molecule has 32 heavy (non-hydrogen) atoms. The number of hydrogen-bond donors (Lipinski definition) is 2. The first-order chi connectivity index (χ1) is 15.5. The number of carbonyl (C=O) groups is 1. The normalized spacial score (nSPS) is 20.4. The second kappa shape index (κ2) is 11.0. The van der Waals surface area contributed by atoms with Crippen molar-refractivity contribution in [3.8, 4) is 5.75 Å². The van der Waals surface area contributed by atoms with Crippen molar-refractivity contribution in [3.63, 3.8) is 0 Å². The van der Waals surface area contributed by atoms with Crippen LogP contribution < -0.4 is 5.32 Å². The van der Waals surface area contributed by atoms with E-state index in [-0.39, 0.29) is 35.2 Å². The lowest BCUT2D eigenvalue weighted by atomic mass is 9.62. The van der Waals surface area contributed by atoms with Gasteiger partial charge in [-0.3, -0.25) is 4.79 Å². The Kier molecular flexibility index (Phi) is 8.32. The fourth-order valence-corrected chi connectivity index (χ4v) is 5.35. The van der Waals surface area contributed by atoms with Crippen LogP contribution in [0.15, 0.2) is 48.5 Å². The topological polar surface area (TPSA) is 67.8 Å². The predicted octanol–water partition coefficient (Wildman–Crippen LogP) is 4.40. The largest absolute Gasteiger partial charge is 0.508 e. The maximum Gasteiger partial charge on any atom is 0.310 e. The summed E-state index contributed by atoms with van der Waals surface area (Å²) < 4.78 is 11.4. The van der Waals surface area contributed by atoms with E-state index in [0.29, 0.717) is 19.6 Å². The Morgan fingerprint density at radius 1 is 1.16 bits per heavy atom. The fourth-order valence-electron chi connectivity index (χ4n) is 5.35.